The Labute approximate surface area is 168 Å². The van der Waals surface area contributed by atoms with Crippen LogP contribution in [0.5, 0.6) is 0 Å². The number of rotatable bonds is 6. The van der Waals surface area contributed by atoms with Crippen molar-refractivity contribution in [1.29, 1.82) is 0 Å². The first-order valence-electron chi connectivity index (χ1n) is 8.65. The topological polar surface area (TPSA) is 112 Å². The van der Waals surface area contributed by atoms with Crippen LogP contribution in [0.15, 0.2) is 24.5 Å². The average Bonchev–Trinajstić information content (AvgIpc) is 3.06. The van der Waals surface area contributed by atoms with Gasteiger partial charge in [0, 0.05) is 24.5 Å². The number of anilines is 2. The first kappa shape index (κ1) is 21.1. The van der Waals surface area contributed by atoms with Crippen LogP contribution in [-0.2, 0) is 4.79 Å². The number of aromatic nitrogens is 3. The number of fused-ring (bicyclic) bond motifs is 1. The fourth-order valence-electron chi connectivity index (χ4n) is 2.89. The van der Waals surface area contributed by atoms with Crippen LogP contribution in [0.2, 0.25) is 5.02 Å². The summed E-state index contributed by atoms with van der Waals surface area (Å²) in [5, 5.41) is 17.8. The molecule has 3 rings (SSSR count). The molecule has 3 heterocycles. The molecule has 0 saturated carbocycles. The third kappa shape index (κ3) is 5.24. The molecule has 1 aliphatic rings. The highest BCUT2D eigenvalue weighted by atomic mass is 35.5. The zero-order valence-electron chi connectivity index (χ0n) is 15.2. The minimum atomic E-state index is -4.56. The predicted molar refractivity (Wildman–Crippen MR) is 99.8 cm³/mol. The van der Waals surface area contributed by atoms with E-state index in [0.29, 0.717) is 23.2 Å². The Kier molecular flexibility index (Phi) is 6.08. The number of halogens is 4. The summed E-state index contributed by atoms with van der Waals surface area (Å²) in [6.45, 7) is 0.278. The van der Waals surface area contributed by atoms with Gasteiger partial charge in [-0.3, -0.25) is 4.79 Å². The fraction of sp³-hybridized carbons (Fsp3) is 0.412. The second kappa shape index (κ2) is 8.37. The highest BCUT2D eigenvalue weighted by Crippen LogP contribution is 2.34. The molecule has 1 aliphatic heterocycles. The molecule has 0 bridgehead atoms. The van der Waals surface area contributed by atoms with Crippen LogP contribution in [0.25, 0.3) is 0 Å². The fourth-order valence-corrected chi connectivity index (χ4v) is 3.06. The molecule has 0 aliphatic carbocycles. The summed E-state index contributed by atoms with van der Waals surface area (Å²) in [6, 6.07) is 1.88. The summed E-state index contributed by atoms with van der Waals surface area (Å²) in [5.41, 5.74) is 0.810. The Morgan fingerprint density at radius 1 is 1.45 bits per heavy atom. The van der Waals surface area contributed by atoms with Crippen molar-refractivity contribution in [2.75, 3.05) is 23.7 Å². The number of hydrogen-bond acceptors (Lipinski definition) is 7. The number of aliphatic hydroxyl groups is 1. The highest BCUT2D eigenvalue weighted by Gasteiger charge is 2.32. The largest absolute Gasteiger partial charge is 0.405 e. The van der Waals surface area contributed by atoms with Gasteiger partial charge in [0.2, 0.25) is 5.91 Å². The van der Waals surface area contributed by atoms with Crippen molar-refractivity contribution in [1.82, 2.24) is 20.3 Å². The summed E-state index contributed by atoms with van der Waals surface area (Å²) in [5.74, 6) is 0.00922. The Morgan fingerprint density at radius 3 is 2.90 bits per heavy atom. The summed E-state index contributed by atoms with van der Waals surface area (Å²) in [4.78, 5) is 24.9. The molecule has 8 nitrogen and oxygen atoms in total. The number of hydrogen-bond donors (Lipinski definition) is 4. The Hall–Kier alpha value is -2.66. The maximum Gasteiger partial charge on any atom is 0.405 e. The van der Waals surface area contributed by atoms with E-state index in [1.165, 1.54) is 25.4 Å². The molecule has 2 aromatic heterocycles. The van der Waals surface area contributed by atoms with Gasteiger partial charge in [0.1, 0.15) is 30.0 Å². The van der Waals surface area contributed by atoms with Gasteiger partial charge in [0.25, 0.3) is 0 Å². The highest BCUT2D eigenvalue weighted by molar-refractivity contribution is 6.30. The first-order valence-corrected chi connectivity index (χ1v) is 9.03. The van der Waals surface area contributed by atoms with Crippen LogP contribution in [-0.4, -0.2) is 57.4 Å². The number of alkyl halides is 3. The van der Waals surface area contributed by atoms with Gasteiger partial charge in [-0.1, -0.05) is 11.6 Å². The lowest BCUT2D eigenvalue weighted by molar-refractivity contribution is -0.140. The molecule has 1 unspecified atom stereocenters. The minimum Gasteiger partial charge on any atom is -0.391 e. The molecule has 0 spiro atoms. The van der Waals surface area contributed by atoms with Gasteiger partial charge in [0.05, 0.1) is 17.0 Å². The standard InChI is InChI=1S/C17H18ClF3N6O2/c1-8(28)13(16(29)25-7-17(19,20)21)26-12-2-3-22-15(27-12)11-6-24-14-10(11)4-9(18)5-23-14/h2-5,8,11,13,28H,6-7H2,1H3,(H,23,24)(H,25,29)(H,22,26,27)/t8-,11?,13-/m1/s1. The summed E-state index contributed by atoms with van der Waals surface area (Å²) in [7, 11) is 0. The lowest BCUT2D eigenvalue weighted by Crippen LogP contribution is -2.48. The first-order chi connectivity index (χ1) is 13.6. The van der Waals surface area contributed by atoms with Crippen LogP contribution in [0.3, 0.4) is 0 Å². The second-order valence-electron chi connectivity index (χ2n) is 6.52. The Bertz CT molecular complexity index is 896. The molecular formula is C17H18ClF3N6O2. The number of pyridine rings is 1. The van der Waals surface area contributed by atoms with E-state index >= 15 is 0 Å². The van der Waals surface area contributed by atoms with E-state index in [2.05, 4.69) is 25.6 Å². The monoisotopic (exact) mass is 430 g/mol. The second-order valence-corrected chi connectivity index (χ2v) is 6.96. The zero-order chi connectivity index (χ0) is 21.2. The molecule has 29 heavy (non-hydrogen) atoms. The van der Waals surface area contributed by atoms with Gasteiger partial charge < -0.3 is 21.1 Å². The van der Waals surface area contributed by atoms with Gasteiger partial charge in [-0.2, -0.15) is 13.2 Å². The number of carbonyl (C=O) groups excluding carboxylic acids is 1. The van der Waals surface area contributed by atoms with Crippen molar-refractivity contribution in [2.45, 2.75) is 31.2 Å². The molecule has 12 heteroatoms. The normalized spacial score (nSPS) is 17.8. The van der Waals surface area contributed by atoms with Crippen molar-refractivity contribution in [2.24, 2.45) is 0 Å². The predicted octanol–water partition coefficient (Wildman–Crippen LogP) is 1.92. The third-order valence-corrected chi connectivity index (χ3v) is 4.46. The van der Waals surface area contributed by atoms with E-state index in [4.69, 9.17) is 11.6 Å². The molecule has 3 atom stereocenters. The molecule has 1 amide bonds. The van der Waals surface area contributed by atoms with Crippen LogP contribution in [0.4, 0.5) is 24.8 Å². The van der Waals surface area contributed by atoms with Gasteiger partial charge in [-0.15, -0.1) is 0 Å². The summed E-state index contributed by atoms with van der Waals surface area (Å²) in [6.07, 6.45) is -2.85. The molecule has 156 valence electrons. The van der Waals surface area contributed by atoms with E-state index in [1.807, 2.05) is 0 Å². The summed E-state index contributed by atoms with van der Waals surface area (Å²) >= 11 is 6.01. The van der Waals surface area contributed by atoms with Crippen LogP contribution >= 0.6 is 11.6 Å². The lowest BCUT2D eigenvalue weighted by Gasteiger charge is -2.22. The van der Waals surface area contributed by atoms with Crippen LogP contribution < -0.4 is 16.0 Å². The van der Waals surface area contributed by atoms with E-state index < -0.39 is 30.8 Å². The van der Waals surface area contributed by atoms with Crippen molar-refractivity contribution in [3.63, 3.8) is 0 Å². The van der Waals surface area contributed by atoms with Gasteiger partial charge in [-0.25, -0.2) is 15.0 Å². The molecule has 4 N–H and O–H groups in total. The van der Waals surface area contributed by atoms with Crippen molar-refractivity contribution < 1.29 is 23.1 Å². The van der Waals surface area contributed by atoms with Crippen LogP contribution in [0, 0.1) is 0 Å². The van der Waals surface area contributed by atoms with E-state index in [1.54, 1.807) is 11.4 Å². The maximum absolute atomic E-state index is 12.3. The summed E-state index contributed by atoms with van der Waals surface area (Å²) < 4.78 is 37.0. The molecule has 0 saturated heterocycles. The van der Waals surface area contributed by atoms with Gasteiger partial charge in [-0.05, 0) is 19.1 Å². The smallest absolute Gasteiger partial charge is 0.391 e. The lowest BCUT2D eigenvalue weighted by atomic mass is 10.0. The van der Waals surface area contributed by atoms with E-state index in [9.17, 15) is 23.1 Å². The molecule has 0 radical (unpaired) electrons. The Morgan fingerprint density at radius 2 is 2.21 bits per heavy atom. The van der Waals surface area contributed by atoms with Crippen molar-refractivity contribution in [3.05, 3.63) is 40.9 Å². The molecule has 0 aromatic carbocycles. The number of aliphatic hydroxyl groups excluding tert-OH is 1. The van der Waals surface area contributed by atoms with E-state index in [-0.39, 0.29) is 11.7 Å². The molecule has 0 fully saturated rings. The number of amides is 1. The third-order valence-electron chi connectivity index (χ3n) is 4.25. The number of carbonyl (C=O) groups is 1. The van der Waals surface area contributed by atoms with Crippen molar-refractivity contribution >= 4 is 29.1 Å². The van der Waals surface area contributed by atoms with Gasteiger partial charge >= 0.3 is 6.18 Å². The van der Waals surface area contributed by atoms with Gasteiger partial charge in [0.15, 0.2) is 0 Å². The quantitative estimate of drug-likeness (QED) is 0.554. The van der Waals surface area contributed by atoms with Crippen LogP contribution in [0.1, 0.15) is 24.2 Å². The maximum atomic E-state index is 12.3. The Balaban J connectivity index is 1.77. The van der Waals surface area contributed by atoms with Crippen molar-refractivity contribution in [3.8, 4) is 0 Å². The number of nitrogens with one attached hydrogen (secondary N) is 3. The minimum absolute atomic E-state index is 0.187. The molecular weight excluding hydrogens is 413 g/mol. The average molecular weight is 431 g/mol. The zero-order valence-corrected chi connectivity index (χ0v) is 15.9. The number of nitrogens with zero attached hydrogens (tertiary/aromatic N) is 3. The molecule has 2 aromatic rings. The SMILES string of the molecule is C[C@@H](O)[C@@H](Nc1ccnc(C2CNc3ncc(Cl)cc32)n1)C(=O)NCC(F)(F)F. The van der Waals surface area contributed by atoms with E-state index in [0.717, 1.165) is 5.56 Å².